The average Bonchev–Trinajstić information content (AvgIpc) is 2.83. The molecule has 0 fully saturated rings. The molecule has 0 atom stereocenters. The zero-order valence-corrected chi connectivity index (χ0v) is 22.5. The summed E-state index contributed by atoms with van der Waals surface area (Å²) in [5, 5.41) is 0. The van der Waals surface area contributed by atoms with E-state index in [0.29, 0.717) is 11.6 Å². The van der Waals surface area contributed by atoms with Crippen LogP contribution in [-0.4, -0.2) is 11.6 Å². The van der Waals surface area contributed by atoms with E-state index in [2.05, 4.69) is 18.2 Å². The quantitative estimate of drug-likeness (QED) is 0.328. The van der Waals surface area contributed by atoms with Gasteiger partial charge in [-0.3, -0.25) is 9.59 Å². The fourth-order valence-corrected chi connectivity index (χ4v) is 4.87. The lowest BCUT2D eigenvalue weighted by molar-refractivity contribution is -0.119. The van der Waals surface area contributed by atoms with Crippen LogP contribution in [0.4, 0.5) is 0 Å². The molecular formula is C32H56O2. The molecule has 0 unspecified atom stereocenters. The van der Waals surface area contributed by atoms with E-state index in [9.17, 15) is 9.59 Å². The van der Waals surface area contributed by atoms with Gasteiger partial charge in [0.25, 0.3) is 0 Å². The molecule has 0 radical (unpaired) electrons. The smallest absolute Gasteiger partial charge is 0.155 e. The molecule has 0 saturated heterocycles. The lowest BCUT2D eigenvalue weighted by atomic mass is 10.0. The molecular weight excluding hydrogens is 416 g/mol. The minimum Gasteiger partial charge on any atom is -0.300 e. The molecule has 2 heteroatoms. The van der Waals surface area contributed by atoms with E-state index in [-0.39, 0.29) is 0 Å². The lowest BCUT2D eigenvalue weighted by Gasteiger charge is -2.03. The van der Waals surface area contributed by atoms with E-state index in [0.717, 1.165) is 51.4 Å². The fourth-order valence-electron chi connectivity index (χ4n) is 4.87. The van der Waals surface area contributed by atoms with Gasteiger partial charge in [0.15, 0.2) is 5.78 Å². The van der Waals surface area contributed by atoms with Crippen molar-refractivity contribution in [2.45, 2.75) is 167 Å². The van der Waals surface area contributed by atoms with Gasteiger partial charge in [0.1, 0.15) is 5.78 Å². The second-order valence-electron chi connectivity index (χ2n) is 10.6. The third-order valence-electron chi connectivity index (χ3n) is 7.17. The van der Waals surface area contributed by atoms with Crippen molar-refractivity contribution in [1.82, 2.24) is 0 Å². The van der Waals surface area contributed by atoms with Crippen molar-refractivity contribution in [2.75, 3.05) is 0 Å². The van der Waals surface area contributed by atoms with Crippen molar-refractivity contribution < 1.29 is 9.59 Å². The number of hydrogen-bond acceptors (Lipinski definition) is 2. The Morgan fingerprint density at radius 1 is 0.353 bits per heavy atom. The average molecular weight is 473 g/mol. The molecule has 196 valence electrons. The van der Waals surface area contributed by atoms with E-state index >= 15 is 0 Å². The maximum Gasteiger partial charge on any atom is 0.155 e. The third-order valence-corrected chi connectivity index (χ3v) is 7.17. The van der Waals surface area contributed by atoms with Gasteiger partial charge in [0, 0.05) is 19.3 Å². The summed E-state index contributed by atoms with van der Waals surface area (Å²) in [5.41, 5.74) is 0. The van der Waals surface area contributed by atoms with Crippen LogP contribution < -0.4 is 0 Å². The highest BCUT2D eigenvalue weighted by Gasteiger charge is 2.01. The zero-order chi connectivity index (χ0) is 24.4. The van der Waals surface area contributed by atoms with Crippen molar-refractivity contribution in [2.24, 2.45) is 0 Å². The molecule has 0 heterocycles. The predicted octanol–water partition coefficient (Wildman–Crippen LogP) is 10.4. The topological polar surface area (TPSA) is 34.1 Å². The van der Waals surface area contributed by atoms with E-state index in [4.69, 9.17) is 0 Å². The van der Waals surface area contributed by atoms with Crippen molar-refractivity contribution in [3.63, 3.8) is 0 Å². The molecule has 2 aliphatic rings. The van der Waals surface area contributed by atoms with Crippen LogP contribution in [0, 0.1) is 0 Å². The lowest BCUT2D eigenvalue weighted by Crippen LogP contribution is -1.97. The van der Waals surface area contributed by atoms with Gasteiger partial charge in [0.05, 0.1) is 0 Å². The fraction of sp³-hybridized carbons (Fsp3) is 0.812. The standard InChI is InChI=1S/2C16H28O/c2*17-16-14-12-10-8-6-4-2-1-3-5-7-9-11-13-15-16/h12,14H,1-11,13,15H2;6,8H,1-5,7,9-15H2. The molecule has 0 saturated carbocycles. The van der Waals surface area contributed by atoms with Crippen molar-refractivity contribution in [3.05, 3.63) is 24.3 Å². The first-order chi connectivity index (χ1) is 16.8. The number of ketones is 2. The number of hydrogen-bond donors (Lipinski definition) is 0. The van der Waals surface area contributed by atoms with Crippen LogP contribution in [-0.2, 0) is 9.59 Å². The summed E-state index contributed by atoms with van der Waals surface area (Å²) >= 11 is 0. The first kappa shape index (κ1) is 30.9. The van der Waals surface area contributed by atoms with E-state index < -0.39 is 0 Å². The molecule has 2 aliphatic carbocycles. The Morgan fingerprint density at radius 2 is 0.706 bits per heavy atom. The number of allylic oxidation sites excluding steroid dienone is 4. The van der Waals surface area contributed by atoms with Crippen LogP contribution >= 0.6 is 0 Å². The Kier molecular flexibility index (Phi) is 22.6. The maximum atomic E-state index is 11.6. The summed E-state index contributed by atoms with van der Waals surface area (Å²) in [6.07, 6.45) is 40.5. The van der Waals surface area contributed by atoms with Gasteiger partial charge in [0.2, 0.25) is 0 Å². The van der Waals surface area contributed by atoms with Gasteiger partial charge in [-0.1, -0.05) is 115 Å². The van der Waals surface area contributed by atoms with Crippen molar-refractivity contribution in [1.29, 1.82) is 0 Å². The Morgan fingerprint density at radius 3 is 1.24 bits per heavy atom. The van der Waals surface area contributed by atoms with Gasteiger partial charge >= 0.3 is 0 Å². The molecule has 0 aromatic carbocycles. The highest BCUT2D eigenvalue weighted by Crippen LogP contribution is 2.14. The highest BCUT2D eigenvalue weighted by atomic mass is 16.1. The van der Waals surface area contributed by atoms with Crippen molar-refractivity contribution >= 4 is 11.6 Å². The van der Waals surface area contributed by atoms with Crippen molar-refractivity contribution in [3.8, 4) is 0 Å². The van der Waals surface area contributed by atoms with E-state index in [1.165, 1.54) is 116 Å². The maximum absolute atomic E-state index is 11.6. The molecule has 0 aliphatic heterocycles. The molecule has 0 bridgehead atoms. The van der Waals surface area contributed by atoms with E-state index in [1.54, 1.807) is 0 Å². The summed E-state index contributed by atoms with van der Waals surface area (Å²) in [5.74, 6) is 0.808. The zero-order valence-electron chi connectivity index (χ0n) is 22.5. The van der Waals surface area contributed by atoms with E-state index in [1.807, 2.05) is 6.08 Å². The molecule has 0 aromatic rings. The predicted molar refractivity (Wildman–Crippen MR) is 148 cm³/mol. The van der Waals surface area contributed by atoms with Gasteiger partial charge < -0.3 is 0 Å². The highest BCUT2D eigenvalue weighted by molar-refractivity contribution is 5.89. The van der Waals surface area contributed by atoms with Crippen LogP contribution in [0.2, 0.25) is 0 Å². The summed E-state index contributed by atoms with van der Waals surface area (Å²) in [4.78, 5) is 23.0. The molecule has 0 amide bonds. The Balaban J connectivity index is 0.000000340. The summed E-state index contributed by atoms with van der Waals surface area (Å²) < 4.78 is 0. The SMILES string of the molecule is O=C1C=CCCCCCCCCCCCCC1.O=C1CCCC=CCCCCCCCCCC1. The monoisotopic (exact) mass is 472 g/mol. The van der Waals surface area contributed by atoms with Crippen LogP contribution in [0.5, 0.6) is 0 Å². The third kappa shape index (κ3) is 22.6. The van der Waals surface area contributed by atoms with Gasteiger partial charge in [-0.2, -0.15) is 0 Å². The Bertz CT molecular complexity index is 531. The number of Topliss-reactive ketones (excluding diaryl/α,β-unsaturated/α-hetero) is 1. The minimum absolute atomic E-state index is 0.331. The normalized spacial score (nSPS) is 22.5. The first-order valence-corrected chi connectivity index (χ1v) is 15.1. The number of carbonyl (C=O) groups is 2. The molecule has 0 spiro atoms. The second kappa shape index (κ2) is 24.9. The summed E-state index contributed by atoms with van der Waals surface area (Å²) in [6.45, 7) is 0. The number of rotatable bonds is 0. The van der Waals surface area contributed by atoms with Crippen LogP contribution in [0.25, 0.3) is 0 Å². The molecule has 0 N–H and O–H groups in total. The largest absolute Gasteiger partial charge is 0.300 e. The molecule has 0 aromatic heterocycles. The molecule has 34 heavy (non-hydrogen) atoms. The second-order valence-corrected chi connectivity index (χ2v) is 10.6. The van der Waals surface area contributed by atoms with Crippen LogP contribution in [0.1, 0.15) is 167 Å². The molecule has 2 nitrogen and oxygen atoms in total. The summed E-state index contributed by atoms with van der Waals surface area (Å²) in [6, 6.07) is 0. The van der Waals surface area contributed by atoms with Crippen LogP contribution in [0.3, 0.4) is 0 Å². The van der Waals surface area contributed by atoms with Gasteiger partial charge in [-0.25, -0.2) is 0 Å². The first-order valence-electron chi connectivity index (χ1n) is 15.1. The van der Waals surface area contributed by atoms with Gasteiger partial charge in [-0.15, -0.1) is 0 Å². The van der Waals surface area contributed by atoms with Gasteiger partial charge in [-0.05, 0) is 57.4 Å². The summed E-state index contributed by atoms with van der Waals surface area (Å²) in [7, 11) is 0. The molecule has 2 rings (SSSR count). The minimum atomic E-state index is 0.331. The Hall–Kier alpha value is -1.18. The number of carbonyl (C=O) groups excluding carboxylic acids is 2. The van der Waals surface area contributed by atoms with Crippen LogP contribution in [0.15, 0.2) is 24.3 Å². The Labute approximate surface area is 212 Å².